The van der Waals surface area contributed by atoms with Crippen molar-refractivity contribution in [3.05, 3.63) is 22.6 Å². The molecule has 1 saturated carbocycles. The van der Waals surface area contributed by atoms with E-state index in [1.165, 1.54) is 12.8 Å². The molecule has 1 fully saturated rings. The van der Waals surface area contributed by atoms with Crippen molar-refractivity contribution in [2.45, 2.75) is 58.1 Å². The highest BCUT2D eigenvalue weighted by Gasteiger charge is 2.46. The van der Waals surface area contributed by atoms with Crippen molar-refractivity contribution >= 4 is 15.9 Å². The molecule has 20 heavy (non-hydrogen) atoms. The average Bonchev–Trinajstić information content (AvgIpc) is 2.81. The Kier molecular flexibility index (Phi) is 4.98. The first-order valence-corrected chi connectivity index (χ1v) is 8.27. The zero-order valence-corrected chi connectivity index (χ0v) is 14.5. The van der Waals surface area contributed by atoms with Gasteiger partial charge in [-0.1, -0.05) is 13.8 Å². The van der Waals surface area contributed by atoms with E-state index in [4.69, 9.17) is 9.15 Å². The molecule has 4 heteroatoms. The number of rotatable bonds is 5. The van der Waals surface area contributed by atoms with Crippen LogP contribution in [0.5, 0.6) is 0 Å². The maximum atomic E-state index is 6.25. The maximum Gasteiger partial charge on any atom is 0.137 e. The third kappa shape index (κ3) is 3.12. The molecule has 0 aromatic carbocycles. The molecule has 1 unspecified atom stereocenters. The van der Waals surface area contributed by atoms with Gasteiger partial charge in [-0.15, -0.1) is 0 Å². The normalized spacial score (nSPS) is 22.6. The molecule has 0 amide bonds. The van der Waals surface area contributed by atoms with Crippen LogP contribution >= 0.6 is 15.9 Å². The molecule has 1 aromatic rings. The van der Waals surface area contributed by atoms with Crippen LogP contribution in [0, 0.1) is 5.41 Å². The molecule has 1 aliphatic rings. The largest absolute Gasteiger partial charge is 0.466 e. The second-order valence-corrected chi connectivity index (χ2v) is 7.37. The van der Waals surface area contributed by atoms with Crippen molar-refractivity contribution < 1.29 is 9.15 Å². The summed E-state index contributed by atoms with van der Waals surface area (Å²) in [6.45, 7) is 7.50. The Balaban J connectivity index is 2.29. The molecule has 1 aromatic heterocycles. The first-order valence-electron chi connectivity index (χ1n) is 7.48. The molecule has 1 aliphatic carbocycles. The second kappa shape index (κ2) is 6.20. The van der Waals surface area contributed by atoms with E-state index in [9.17, 15) is 0 Å². The summed E-state index contributed by atoms with van der Waals surface area (Å²) in [7, 11) is 1.99. The summed E-state index contributed by atoms with van der Waals surface area (Å²) < 4.78 is 13.0. The molecule has 1 atom stereocenters. The standard InChI is InChI=1S/C16H26BrNO2/c1-5-20-16(9-7-15(2,3)8-10-16)14(18-4)13-12(17)6-11-19-13/h6,11,14,18H,5,7-10H2,1-4H3. The lowest BCUT2D eigenvalue weighted by Gasteiger charge is -2.47. The number of halogens is 1. The van der Waals surface area contributed by atoms with Crippen LogP contribution < -0.4 is 5.32 Å². The lowest BCUT2D eigenvalue weighted by molar-refractivity contribution is -0.110. The molecular formula is C16H26BrNO2. The highest BCUT2D eigenvalue weighted by molar-refractivity contribution is 9.10. The predicted molar refractivity (Wildman–Crippen MR) is 84.8 cm³/mol. The van der Waals surface area contributed by atoms with Gasteiger partial charge in [0.15, 0.2) is 0 Å². The molecule has 1 heterocycles. The Morgan fingerprint density at radius 3 is 2.45 bits per heavy atom. The van der Waals surface area contributed by atoms with E-state index in [1.807, 2.05) is 13.1 Å². The van der Waals surface area contributed by atoms with Crippen molar-refractivity contribution in [2.75, 3.05) is 13.7 Å². The molecule has 0 saturated heterocycles. The molecule has 0 radical (unpaired) electrons. The van der Waals surface area contributed by atoms with Gasteiger partial charge >= 0.3 is 0 Å². The van der Waals surface area contributed by atoms with Gasteiger partial charge in [-0.2, -0.15) is 0 Å². The highest BCUT2D eigenvalue weighted by Crippen LogP contribution is 2.48. The molecule has 3 nitrogen and oxygen atoms in total. The molecule has 0 bridgehead atoms. The van der Waals surface area contributed by atoms with E-state index < -0.39 is 0 Å². The lowest BCUT2D eigenvalue weighted by atomic mass is 9.68. The number of likely N-dealkylation sites (N-methyl/N-ethyl adjacent to an activating group) is 1. The summed E-state index contributed by atoms with van der Waals surface area (Å²) in [6, 6.07) is 2.04. The highest BCUT2D eigenvalue weighted by atomic mass is 79.9. The Bertz CT molecular complexity index is 431. The SMILES string of the molecule is CCOC1(C(NC)c2occc2Br)CCC(C)(C)CC1. The van der Waals surface area contributed by atoms with E-state index >= 15 is 0 Å². The van der Waals surface area contributed by atoms with Crippen LogP contribution in [0.2, 0.25) is 0 Å². The summed E-state index contributed by atoms with van der Waals surface area (Å²) in [6.07, 6.45) is 6.22. The van der Waals surface area contributed by atoms with Crippen LogP contribution in [0.1, 0.15) is 58.3 Å². The molecule has 1 N–H and O–H groups in total. The van der Waals surface area contributed by atoms with Gasteiger partial charge in [0, 0.05) is 6.61 Å². The van der Waals surface area contributed by atoms with Gasteiger partial charge in [0.05, 0.1) is 22.4 Å². The van der Waals surface area contributed by atoms with Crippen LogP contribution in [-0.2, 0) is 4.74 Å². The van der Waals surface area contributed by atoms with Crippen molar-refractivity contribution in [3.63, 3.8) is 0 Å². The zero-order valence-electron chi connectivity index (χ0n) is 13.0. The van der Waals surface area contributed by atoms with E-state index in [-0.39, 0.29) is 11.6 Å². The smallest absolute Gasteiger partial charge is 0.137 e. The lowest BCUT2D eigenvalue weighted by Crippen LogP contribution is -2.49. The summed E-state index contributed by atoms with van der Waals surface area (Å²) in [4.78, 5) is 0. The first-order chi connectivity index (χ1) is 9.44. The number of ether oxygens (including phenoxy) is 1. The molecule has 0 aliphatic heterocycles. The summed E-state index contributed by atoms with van der Waals surface area (Å²) in [5.74, 6) is 0.945. The van der Waals surface area contributed by atoms with E-state index in [0.717, 1.165) is 29.7 Å². The van der Waals surface area contributed by atoms with Crippen LogP contribution in [-0.4, -0.2) is 19.3 Å². The van der Waals surface area contributed by atoms with Crippen molar-refractivity contribution in [1.29, 1.82) is 0 Å². The fraction of sp³-hybridized carbons (Fsp3) is 0.750. The minimum atomic E-state index is -0.167. The Morgan fingerprint density at radius 1 is 1.35 bits per heavy atom. The minimum absolute atomic E-state index is 0.0860. The molecular weight excluding hydrogens is 318 g/mol. The number of nitrogens with one attached hydrogen (secondary N) is 1. The predicted octanol–water partition coefficient (Wildman–Crippen LogP) is 4.68. The van der Waals surface area contributed by atoms with Gasteiger partial charge in [-0.05, 0) is 67.1 Å². The molecule has 0 spiro atoms. The topological polar surface area (TPSA) is 34.4 Å². The zero-order chi connectivity index (χ0) is 14.8. The van der Waals surface area contributed by atoms with E-state index in [2.05, 4.69) is 42.0 Å². The Hall–Kier alpha value is -0.320. The van der Waals surface area contributed by atoms with Crippen molar-refractivity contribution in [2.24, 2.45) is 5.41 Å². The summed E-state index contributed by atoms with van der Waals surface area (Å²) >= 11 is 3.58. The fourth-order valence-electron chi connectivity index (χ4n) is 3.30. The fourth-order valence-corrected chi connectivity index (χ4v) is 3.73. The van der Waals surface area contributed by atoms with Crippen molar-refractivity contribution in [1.82, 2.24) is 5.32 Å². The quantitative estimate of drug-likeness (QED) is 0.842. The average molecular weight is 344 g/mol. The second-order valence-electron chi connectivity index (χ2n) is 6.52. The summed E-state index contributed by atoms with van der Waals surface area (Å²) in [5, 5.41) is 3.42. The van der Waals surface area contributed by atoms with Gasteiger partial charge in [-0.25, -0.2) is 0 Å². The molecule has 2 rings (SSSR count). The van der Waals surface area contributed by atoms with Crippen LogP contribution in [0.4, 0.5) is 0 Å². The van der Waals surface area contributed by atoms with Gasteiger partial charge in [0.2, 0.25) is 0 Å². The van der Waals surface area contributed by atoms with Gasteiger partial charge in [-0.3, -0.25) is 0 Å². The molecule has 114 valence electrons. The van der Waals surface area contributed by atoms with Crippen LogP contribution in [0.25, 0.3) is 0 Å². The van der Waals surface area contributed by atoms with Gasteiger partial charge in [0.1, 0.15) is 5.76 Å². The Morgan fingerprint density at radius 2 is 2.00 bits per heavy atom. The third-order valence-corrected chi connectivity index (χ3v) is 5.26. The minimum Gasteiger partial charge on any atom is -0.466 e. The number of hydrogen-bond acceptors (Lipinski definition) is 3. The van der Waals surface area contributed by atoms with E-state index in [1.54, 1.807) is 6.26 Å². The maximum absolute atomic E-state index is 6.25. The number of furan rings is 1. The number of hydrogen-bond donors (Lipinski definition) is 1. The Labute approximate surface area is 130 Å². The summed E-state index contributed by atoms with van der Waals surface area (Å²) in [5.41, 5.74) is 0.249. The van der Waals surface area contributed by atoms with E-state index in [0.29, 0.717) is 5.41 Å². The van der Waals surface area contributed by atoms with Gasteiger partial charge < -0.3 is 14.5 Å². The van der Waals surface area contributed by atoms with Crippen molar-refractivity contribution in [3.8, 4) is 0 Å². The van der Waals surface area contributed by atoms with Crippen LogP contribution in [0.3, 0.4) is 0 Å². The van der Waals surface area contributed by atoms with Crippen LogP contribution in [0.15, 0.2) is 21.2 Å². The first kappa shape index (κ1) is 16.1. The van der Waals surface area contributed by atoms with Gasteiger partial charge in [0.25, 0.3) is 0 Å². The monoisotopic (exact) mass is 343 g/mol. The third-order valence-electron chi connectivity index (χ3n) is 4.60.